The summed E-state index contributed by atoms with van der Waals surface area (Å²) in [6.07, 6.45) is 1.03. The van der Waals surface area contributed by atoms with Crippen LogP contribution in [0.3, 0.4) is 0 Å². The molecule has 2 N–H and O–H groups in total. The van der Waals surface area contributed by atoms with Crippen LogP contribution in [0, 0.1) is 5.82 Å². The standard InChI is InChI=1S/C21H19FN4O3/c1-21(10-9-17(27)23-12-21)20-25-18(26-29-20)13-5-4-6-14(11-13)24-19(28)15-7-2-3-8-16(15)22/h2-8,11H,9-10,12H2,1H3,(H,23,27)(H,24,28). The predicted molar refractivity (Wildman–Crippen MR) is 104 cm³/mol. The monoisotopic (exact) mass is 394 g/mol. The first-order chi connectivity index (χ1) is 13.9. The van der Waals surface area contributed by atoms with Crippen LogP contribution >= 0.6 is 0 Å². The highest BCUT2D eigenvalue weighted by molar-refractivity contribution is 6.04. The minimum Gasteiger partial charge on any atom is -0.355 e. The molecule has 2 heterocycles. The van der Waals surface area contributed by atoms with Crippen LogP contribution in [0.5, 0.6) is 0 Å². The number of carbonyl (C=O) groups is 2. The molecule has 29 heavy (non-hydrogen) atoms. The zero-order valence-electron chi connectivity index (χ0n) is 15.7. The minimum atomic E-state index is -0.586. The van der Waals surface area contributed by atoms with Crippen LogP contribution in [-0.2, 0) is 10.2 Å². The highest BCUT2D eigenvalue weighted by Crippen LogP contribution is 2.31. The summed E-state index contributed by atoms with van der Waals surface area (Å²) >= 11 is 0. The highest BCUT2D eigenvalue weighted by atomic mass is 19.1. The smallest absolute Gasteiger partial charge is 0.258 e. The lowest BCUT2D eigenvalue weighted by Crippen LogP contribution is -2.44. The van der Waals surface area contributed by atoms with Crippen LogP contribution in [0.2, 0.25) is 0 Å². The molecule has 1 aliphatic heterocycles. The van der Waals surface area contributed by atoms with Gasteiger partial charge in [0.15, 0.2) is 0 Å². The molecule has 1 unspecified atom stereocenters. The molecule has 1 aromatic heterocycles. The van der Waals surface area contributed by atoms with Crippen molar-refractivity contribution in [2.45, 2.75) is 25.2 Å². The number of carbonyl (C=O) groups excluding carboxylic acids is 2. The van der Waals surface area contributed by atoms with Gasteiger partial charge in [-0.15, -0.1) is 0 Å². The third-order valence-electron chi connectivity index (χ3n) is 5.02. The Kier molecular flexibility index (Phi) is 4.84. The number of aromatic nitrogens is 2. The summed E-state index contributed by atoms with van der Waals surface area (Å²) in [6.45, 7) is 2.40. The van der Waals surface area contributed by atoms with Gasteiger partial charge in [-0.3, -0.25) is 9.59 Å². The van der Waals surface area contributed by atoms with E-state index in [9.17, 15) is 14.0 Å². The van der Waals surface area contributed by atoms with Crippen molar-refractivity contribution in [2.24, 2.45) is 0 Å². The van der Waals surface area contributed by atoms with Crippen LogP contribution < -0.4 is 10.6 Å². The van der Waals surface area contributed by atoms with Crippen LogP contribution in [0.1, 0.15) is 36.0 Å². The summed E-state index contributed by atoms with van der Waals surface area (Å²) in [5.74, 6) is -0.287. The Hall–Kier alpha value is -3.55. The van der Waals surface area contributed by atoms with Crippen molar-refractivity contribution >= 4 is 17.5 Å². The molecular weight excluding hydrogens is 375 g/mol. The second-order valence-corrected chi connectivity index (χ2v) is 7.28. The van der Waals surface area contributed by atoms with Crippen molar-refractivity contribution in [1.82, 2.24) is 15.5 Å². The van der Waals surface area contributed by atoms with E-state index in [1.807, 2.05) is 6.92 Å². The molecule has 1 atom stereocenters. The summed E-state index contributed by atoms with van der Waals surface area (Å²) in [7, 11) is 0. The van der Waals surface area contributed by atoms with Gasteiger partial charge in [-0.25, -0.2) is 4.39 Å². The van der Waals surface area contributed by atoms with E-state index in [1.165, 1.54) is 18.2 Å². The van der Waals surface area contributed by atoms with Gasteiger partial charge in [0.1, 0.15) is 5.82 Å². The van der Waals surface area contributed by atoms with Crippen LogP contribution in [0.25, 0.3) is 11.4 Å². The lowest BCUT2D eigenvalue weighted by molar-refractivity contribution is -0.123. The topological polar surface area (TPSA) is 97.1 Å². The second kappa shape index (κ2) is 7.46. The molecule has 2 amide bonds. The molecular formula is C21H19FN4O3. The van der Waals surface area contributed by atoms with Crippen LogP contribution in [-0.4, -0.2) is 28.5 Å². The molecule has 0 radical (unpaired) electrons. The average molecular weight is 394 g/mol. The SMILES string of the molecule is CC1(c2nc(-c3cccc(NC(=O)c4ccccc4F)c3)no2)CCC(=O)NC1. The number of amides is 2. The Labute approximate surface area is 166 Å². The number of hydrogen-bond donors (Lipinski definition) is 2. The summed E-state index contributed by atoms with van der Waals surface area (Å²) < 4.78 is 19.3. The fraction of sp³-hybridized carbons (Fsp3) is 0.238. The third kappa shape index (κ3) is 3.87. The summed E-state index contributed by atoms with van der Waals surface area (Å²) in [4.78, 5) is 28.2. The molecule has 7 nitrogen and oxygen atoms in total. The number of nitrogens with one attached hydrogen (secondary N) is 2. The van der Waals surface area contributed by atoms with Gasteiger partial charge < -0.3 is 15.2 Å². The molecule has 2 aromatic carbocycles. The Balaban J connectivity index is 1.54. The van der Waals surface area contributed by atoms with Crippen molar-refractivity contribution in [3.63, 3.8) is 0 Å². The van der Waals surface area contributed by atoms with Crippen LogP contribution in [0.4, 0.5) is 10.1 Å². The fourth-order valence-corrected chi connectivity index (χ4v) is 3.21. The molecule has 0 saturated carbocycles. The maximum Gasteiger partial charge on any atom is 0.258 e. The van der Waals surface area contributed by atoms with E-state index in [1.54, 1.807) is 30.3 Å². The zero-order valence-corrected chi connectivity index (χ0v) is 15.7. The Morgan fingerprint density at radius 1 is 1.24 bits per heavy atom. The van der Waals surface area contributed by atoms with Crippen LogP contribution in [0.15, 0.2) is 53.1 Å². The van der Waals surface area contributed by atoms with E-state index in [4.69, 9.17) is 4.52 Å². The van der Waals surface area contributed by atoms with Crippen molar-refractivity contribution in [3.8, 4) is 11.4 Å². The lowest BCUT2D eigenvalue weighted by atomic mass is 9.82. The number of hydrogen-bond acceptors (Lipinski definition) is 5. The first kappa shape index (κ1) is 18.8. The van der Waals surface area contributed by atoms with Crippen molar-refractivity contribution in [3.05, 3.63) is 65.8 Å². The summed E-state index contributed by atoms with van der Waals surface area (Å²) in [6, 6.07) is 12.7. The van der Waals surface area contributed by atoms with Crippen molar-refractivity contribution < 1.29 is 18.5 Å². The average Bonchev–Trinajstić information content (AvgIpc) is 3.22. The largest absolute Gasteiger partial charge is 0.355 e. The van der Waals surface area contributed by atoms with Gasteiger partial charge in [0.2, 0.25) is 17.6 Å². The van der Waals surface area contributed by atoms with E-state index in [0.717, 1.165) is 0 Å². The van der Waals surface area contributed by atoms with E-state index in [-0.39, 0.29) is 11.5 Å². The van der Waals surface area contributed by atoms with E-state index in [2.05, 4.69) is 20.8 Å². The first-order valence-corrected chi connectivity index (χ1v) is 9.22. The molecule has 0 spiro atoms. The third-order valence-corrected chi connectivity index (χ3v) is 5.02. The second-order valence-electron chi connectivity index (χ2n) is 7.28. The van der Waals surface area contributed by atoms with Crippen molar-refractivity contribution in [1.29, 1.82) is 0 Å². The van der Waals surface area contributed by atoms with Crippen molar-refractivity contribution in [2.75, 3.05) is 11.9 Å². The number of nitrogens with zero attached hydrogens (tertiary/aromatic N) is 2. The summed E-state index contributed by atoms with van der Waals surface area (Å²) in [5.41, 5.74) is 0.676. The zero-order chi connectivity index (χ0) is 20.4. The number of rotatable bonds is 4. The van der Waals surface area contributed by atoms with E-state index in [0.29, 0.717) is 42.4 Å². The molecule has 1 fully saturated rings. The lowest BCUT2D eigenvalue weighted by Gasteiger charge is -2.29. The fourth-order valence-electron chi connectivity index (χ4n) is 3.21. The van der Waals surface area contributed by atoms with E-state index >= 15 is 0 Å². The normalized spacial score (nSPS) is 18.9. The molecule has 1 saturated heterocycles. The Morgan fingerprint density at radius 3 is 2.83 bits per heavy atom. The van der Waals surface area contributed by atoms with Gasteiger partial charge in [-0.2, -0.15) is 4.98 Å². The van der Waals surface area contributed by atoms with Gasteiger partial charge in [-0.05, 0) is 37.6 Å². The van der Waals surface area contributed by atoms with Gasteiger partial charge in [0, 0.05) is 24.2 Å². The maximum atomic E-state index is 13.8. The maximum absolute atomic E-state index is 13.8. The number of anilines is 1. The molecule has 8 heteroatoms. The molecule has 148 valence electrons. The molecule has 0 bridgehead atoms. The van der Waals surface area contributed by atoms with Gasteiger partial charge in [-0.1, -0.05) is 29.4 Å². The number of benzene rings is 2. The van der Waals surface area contributed by atoms with Gasteiger partial charge in [0.25, 0.3) is 5.91 Å². The Bertz CT molecular complexity index is 1070. The van der Waals surface area contributed by atoms with Gasteiger partial charge in [0.05, 0.1) is 11.0 Å². The molecule has 4 rings (SSSR count). The minimum absolute atomic E-state index is 0.0144. The number of piperidine rings is 1. The highest BCUT2D eigenvalue weighted by Gasteiger charge is 2.37. The molecule has 3 aromatic rings. The Morgan fingerprint density at radius 2 is 2.07 bits per heavy atom. The quantitative estimate of drug-likeness (QED) is 0.708. The van der Waals surface area contributed by atoms with Gasteiger partial charge >= 0.3 is 0 Å². The number of halogens is 1. The molecule has 0 aliphatic carbocycles. The predicted octanol–water partition coefficient (Wildman–Crippen LogP) is 3.30. The first-order valence-electron chi connectivity index (χ1n) is 9.22. The summed E-state index contributed by atoms with van der Waals surface area (Å²) in [5, 5.41) is 9.55. The molecule has 1 aliphatic rings. The van der Waals surface area contributed by atoms with E-state index < -0.39 is 17.1 Å².